The van der Waals surface area contributed by atoms with Gasteiger partial charge >= 0.3 is 0 Å². The van der Waals surface area contributed by atoms with Crippen molar-refractivity contribution in [3.05, 3.63) is 30.1 Å². The predicted octanol–water partition coefficient (Wildman–Crippen LogP) is 2.76. The van der Waals surface area contributed by atoms with E-state index in [2.05, 4.69) is 28.3 Å². The molecule has 0 radical (unpaired) electrons. The van der Waals surface area contributed by atoms with Crippen molar-refractivity contribution in [3.8, 4) is 0 Å². The predicted molar refractivity (Wildman–Crippen MR) is 63.1 cm³/mol. The highest BCUT2D eigenvalue weighted by molar-refractivity contribution is 5.87. The normalized spacial score (nSPS) is 10.5. The molecule has 15 heavy (non-hydrogen) atoms. The van der Waals surface area contributed by atoms with Crippen molar-refractivity contribution in [1.82, 2.24) is 9.97 Å². The van der Waals surface area contributed by atoms with Crippen LogP contribution in [0, 0.1) is 6.92 Å². The number of hydrogen-bond donors (Lipinski definition) is 1. The van der Waals surface area contributed by atoms with Crippen LogP contribution in [0.3, 0.4) is 0 Å². The van der Waals surface area contributed by atoms with Gasteiger partial charge in [-0.3, -0.25) is 9.97 Å². The van der Waals surface area contributed by atoms with Crippen molar-refractivity contribution in [2.45, 2.75) is 20.3 Å². The molecule has 0 unspecified atom stereocenters. The Bertz CT molecular complexity index is 465. The number of rotatable bonds is 3. The van der Waals surface area contributed by atoms with Crippen LogP contribution in [0.4, 0.5) is 5.69 Å². The third-order valence-corrected chi connectivity index (χ3v) is 2.28. The molecular weight excluding hydrogens is 186 g/mol. The molecule has 3 heteroatoms. The van der Waals surface area contributed by atoms with E-state index in [1.807, 2.05) is 25.4 Å². The third-order valence-electron chi connectivity index (χ3n) is 2.28. The van der Waals surface area contributed by atoms with E-state index >= 15 is 0 Å². The average Bonchev–Trinajstić information content (AvgIpc) is 2.25. The largest absolute Gasteiger partial charge is 0.383 e. The lowest BCUT2D eigenvalue weighted by atomic mass is 10.2. The first-order valence-corrected chi connectivity index (χ1v) is 5.26. The molecule has 0 atom stereocenters. The fraction of sp³-hybridized carbons (Fsp3) is 0.333. The van der Waals surface area contributed by atoms with Crippen LogP contribution in [0.1, 0.15) is 18.9 Å². The average molecular weight is 201 g/mol. The molecule has 0 aromatic carbocycles. The summed E-state index contributed by atoms with van der Waals surface area (Å²) in [6.07, 6.45) is 4.80. The summed E-state index contributed by atoms with van der Waals surface area (Å²) >= 11 is 0. The van der Waals surface area contributed by atoms with E-state index in [9.17, 15) is 0 Å². The molecule has 1 N–H and O–H groups in total. The number of aryl methyl sites for hydroxylation is 1. The zero-order chi connectivity index (χ0) is 10.7. The molecule has 0 saturated carbocycles. The first kappa shape index (κ1) is 9.90. The summed E-state index contributed by atoms with van der Waals surface area (Å²) < 4.78 is 0. The molecule has 0 aliphatic rings. The van der Waals surface area contributed by atoms with Gasteiger partial charge in [0.1, 0.15) is 5.52 Å². The van der Waals surface area contributed by atoms with Crippen molar-refractivity contribution in [2.24, 2.45) is 0 Å². The van der Waals surface area contributed by atoms with Gasteiger partial charge < -0.3 is 5.32 Å². The van der Waals surface area contributed by atoms with E-state index in [4.69, 9.17) is 0 Å². The van der Waals surface area contributed by atoms with E-state index < -0.39 is 0 Å². The van der Waals surface area contributed by atoms with Crippen LogP contribution in [0.15, 0.2) is 24.5 Å². The number of fused-ring (bicyclic) bond motifs is 1. The Balaban J connectivity index is 2.46. The Morgan fingerprint density at radius 2 is 2.20 bits per heavy atom. The molecule has 2 heterocycles. The first-order chi connectivity index (χ1) is 7.31. The Morgan fingerprint density at radius 3 is 3.00 bits per heavy atom. The van der Waals surface area contributed by atoms with Crippen LogP contribution in [0.2, 0.25) is 0 Å². The molecule has 78 valence electrons. The van der Waals surface area contributed by atoms with Crippen molar-refractivity contribution in [1.29, 1.82) is 0 Å². The summed E-state index contributed by atoms with van der Waals surface area (Å²) in [5, 5.41) is 3.35. The van der Waals surface area contributed by atoms with E-state index in [1.54, 1.807) is 0 Å². The van der Waals surface area contributed by atoms with Gasteiger partial charge in [0, 0.05) is 18.9 Å². The first-order valence-electron chi connectivity index (χ1n) is 5.26. The highest BCUT2D eigenvalue weighted by Crippen LogP contribution is 2.19. The van der Waals surface area contributed by atoms with E-state index in [-0.39, 0.29) is 0 Å². The van der Waals surface area contributed by atoms with Gasteiger partial charge in [0.05, 0.1) is 11.2 Å². The van der Waals surface area contributed by atoms with Crippen LogP contribution >= 0.6 is 0 Å². The molecule has 0 bridgehead atoms. The maximum absolute atomic E-state index is 4.41. The Hall–Kier alpha value is -1.64. The highest BCUT2D eigenvalue weighted by Gasteiger charge is 2.02. The Labute approximate surface area is 89.6 Å². The third kappa shape index (κ3) is 2.06. The minimum Gasteiger partial charge on any atom is -0.383 e. The van der Waals surface area contributed by atoms with Gasteiger partial charge in [-0.25, -0.2) is 0 Å². The van der Waals surface area contributed by atoms with Crippen LogP contribution in [0.5, 0.6) is 0 Å². The highest BCUT2D eigenvalue weighted by atomic mass is 14.9. The number of nitrogens with zero attached hydrogens (tertiary/aromatic N) is 2. The van der Waals surface area contributed by atoms with Gasteiger partial charge in [-0.1, -0.05) is 6.92 Å². The Kier molecular flexibility index (Phi) is 2.81. The van der Waals surface area contributed by atoms with Gasteiger partial charge in [-0.15, -0.1) is 0 Å². The number of hydrogen-bond acceptors (Lipinski definition) is 3. The topological polar surface area (TPSA) is 37.8 Å². The summed E-state index contributed by atoms with van der Waals surface area (Å²) in [6.45, 7) is 5.14. The minimum atomic E-state index is 0.955. The lowest BCUT2D eigenvalue weighted by molar-refractivity contribution is 0.980. The lowest BCUT2D eigenvalue weighted by Crippen LogP contribution is -2.01. The smallest absolute Gasteiger partial charge is 0.112 e. The molecule has 0 aliphatic heterocycles. The Morgan fingerprint density at radius 1 is 1.33 bits per heavy atom. The van der Waals surface area contributed by atoms with E-state index in [1.165, 1.54) is 0 Å². The van der Waals surface area contributed by atoms with Gasteiger partial charge in [0.15, 0.2) is 0 Å². The zero-order valence-electron chi connectivity index (χ0n) is 9.12. The molecule has 2 aromatic heterocycles. The molecule has 0 fully saturated rings. The molecule has 2 aromatic rings. The number of nitrogens with one attached hydrogen (secondary N) is 1. The quantitative estimate of drug-likeness (QED) is 0.829. The van der Waals surface area contributed by atoms with Crippen molar-refractivity contribution in [3.63, 3.8) is 0 Å². The van der Waals surface area contributed by atoms with Crippen LogP contribution in [0.25, 0.3) is 11.0 Å². The van der Waals surface area contributed by atoms with Crippen LogP contribution < -0.4 is 5.32 Å². The summed E-state index contributed by atoms with van der Waals surface area (Å²) in [5.74, 6) is 0. The van der Waals surface area contributed by atoms with Gasteiger partial charge in [0.25, 0.3) is 0 Å². The molecule has 0 amide bonds. The van der Waals surface area contributed by atoms with Gasteiger partial charge in [-0.05, 0) is 31.0 Å². The summed E-state index contributed by atoms with van der Waals surface area (Å²) in [6, 6.07) is 4.03. The lowest BCUT2D eigenvalue weighted by Gasteiger charge is -2.07. The number of aromatic nitrogens is 2. The number of pyridine rings is 2. The molecule has 3 nitrogen and oxygen atoms in total. The zero-order valence-corrected chi connectivity index (χ0v) is 9.12. The summed E-state index contributed by atoms with van der Waals surface area (Å²) in [5.41, 5.74) is 4.12. The van der Waals surface area contributed by atoms with Gasteiger partial charge in [-0.2, -0.15) is 0 Å². The maximum Gasteiger partial charge on any atom is 0.112 e. The van der Waals surface area contributed by atoms with Crippen molar-refractivity contribution >= 4 is 16.7 Å². The van der Waals surface area contributed by atoms with Crippen LogP contribution in [-0.4, -0.2) is 16.5 Å². The molecular formula is C12H15N3. The summed E-state index contributed by atoms with van der Waals surface area (Å²) in [7, 11) is 0. The van der Waals surface area contributed by atoms with Crippen molar-refractivity contribution in [2.75, 3.05) is 11.9 Å². The van der Waals surface area contributed by atoms with Crippen LogP contribution in [-0.2, 0) is 0 Å². The fourth-order valence-electron chi connectivity index (χ4n) is 1.53. The fourth-order valence-corrected chi connectivity index (χ4v) is 1.53. The van der Waals surface area contributed by atoms with Crippen molar-refractivity contribution < 1.29 is 0 Å². The second kappa shape index (κ2) is 4.26. The molecule has 0 aliphatic carbocycles. The van der Waals surface area contributed by atoms with E-state index in [0.29, 0.717) is 0 Å². The second-order valence-electron chi connectivity index (χ2n) is 3.67. The SMILES string of the molecule is CCCNc1ccnc2cc(C)cnc12. The standard InChI is InChI=1S/C12H15N3/c1-3-5-13-10-4-6-14-11-7-9(2)8-15-12(10)11/h4,6-8H,3,5H2,1-2H3,(H,13,14). The number of anilines is 1. The maximum atomic E-state index is 4.41. The summed E-state index contributed by atoms with van der Waals surface area (Å²) in [4.78, 5) is 8.72. The van der Waals surface area contributed by atoms with E-state index in [0.717, 1.165) is 35.2 Å². The second-order valence-corrected chi connectivity index (χ2v) is 3.67. The molecule has 0 saturated heterocycles. The minimum absolute atomic E-state index is 0.955. The van der Waals surface area contributed by atoms with Gasteiger partial charge in [0.2, 0.25) is 0 Å². The monoisotopic (exact) mass is 201 g/mol. The molecule has 2 rings (SSSR count). The molecule has 0 spiro atoms.